The number of carboxylic acids is 1. The van der Waals surface area contributed by atoms with Gasteiger partial charge in [-0.1, -0.05) is 6.07 Å². The molecule has 0 aromatic carbocycles. The molecule has 3 aromatic heterocycles. The second-order valence-electron chi connectivity index (χ2n) is 4.43. The average Bonchev–Trinajstić information content (AvgIpc) is 2.94. The lowest BCUT2D eigenvalue weighted by atomic mass is 10.1. The van der Waals surface area contributed by atoms with E-state index in [1.165, 1.54) is 23.3 Å². The van der Waals surface area contributed by atoms with Gasteiger partial charge in [-0.2, -0.15) is 5.10 Å². The molecule has 21 heavy (non-hydrogen) atoms. The Morgan fingerprint density at radius 2 is 2.05 bits per heavy atom. The van der Waals surface area contributed by atoms with E-state index in [1.54, 1.807) is 18.5 Å². The number of aromatic carboxylic acids is 1. The Hall–Kier alpha value is -3.09. The molecule has 3 heterocycles. The molecule has 104 valence electrons. The van der Waals surface area contributed by atoms with E-state index in [0.29, 0.717) is 17.1 Å². The number of aryl methyl sites for hydroxylation is 1. The predicted molar refractivity (Wildman–Crippen MR) is 74.1 cm³/mol. The zero-order valence-corrected chi connectivity index (χ0v) is 11.1. The van der Waals surface area contributed by atoms with Gasteiger partial charge in [-0.25, -0.2) is 14.5 Å². The first kappa shape index (κ1) is 12.9. The van der Waals surface area contributed by atoms with Crippen molar-refractivity contribution in [2.24, 2.45) is 0 Å². The molecule has 0 amide bonds. The van der Waals surface area contributed by atoms with Crippen LogP contribution >= 0.6 is 0 Å². The fourth-order valence-electron chi connectivity index (χ4n) is 1.87. The molecule has 3 aromatic rings. The normalized spacial score (nSPS) is 10.5. The summed E-state index contributed by atoms with van der Waals surface area (Å²) >= 11 is 0. The highest BCUT2D eigenvalue weighted by atomic mass is 16.4. The van der Waals surface area contributed by atoms with Crippen molar-refractivity contribution in [1.82, 2.24) is 24.7 Å². The highest BCUT2D eigenvalue weighted by molar-refractivity contribution is 5.93. The van der Waals surface area contributed by atoms with E-state index in [0.717, 1.165) is 5.56 Å². The van der Waals surface area contributed by atoms with Gasteiger partial charge < -0.3 is 5.11 Å². The van der Waals surface area contributed by atoms with E-state index in [2.05, 4.69) is 20.1 Å². The molecule has 7 nitrogen and oxygen atoms in total. The quantitative estimate of drug-likeness (QED) is 0.785. The number of nitrogens with zero attached hydrogens (tertiary/aromatic N) is 5. The number of pyridine rings is 1. The third-order valence-corrected chi connectivity index (χ3v) is 2.89. The van der Waals surface area contributed by atoms with Crippen LogP contribution in [-0.2, 0) is 0 Å². The minimum Gasteiger partial charge on any atom is -0.476 e. The molecule has 0 aliphatic carbocycles. The van der Waals surface area contributed by atoms with Crippen molar-refractivity contribution in [2.75, 3.05) is 0 Å². The summed E-state index contributed by atoms with van der Waals surface area (Å²) < 4.78 is 1.38. The maximum absolute atomic E-state index is 11.4. The van der Waals surface area contributed by atoms with E-state index in [4.69, 9.17) is 0 Å². The maximum atomic E-state index is 11.4. The van der Waals surface area contributed by atoms with Crippen molar-refractivity contribution in [3.63, 3.8) is 0 Å². The Kier molecular flexibility index (Phi) is 3.15. The molecular formula is C14H11N5O2. The lowest BCUT2D eigenvalue weighted by molar-refractivity contribution is 0.0690. The van der Waals surface area contributed by atoms with Crippen LogP contribution in [0.15, 0.2) is 43.1 Å². The van der Waals surface area contributed by atoms with Crippen LogP contribution < -0.4 is 0 Å². The summed E-state index contributed by atoms with van der Waals surface area (Å²) in [5, 5.41) is 13.4. The molecule has 0 saturated heterocycles. The number of hydrogen-bond donors (Lipinski definition) is 1. The number of rotatable bonds is 3. The molecular weight excluding hydrogens is 270 g/mol. The average molecular weight is 281 g/mol. The van der Waals surface area contributed by atoms with Gasteiger partial charge in [0, 0.05) is 24.8 Å². The van der Waals surface area contributed by atoms with E-state index in [9.17, 15) is 9.90 Å². The molecule has 0 bridgehead atoms. The molecule has 0 atom stereocenters. The van der Waals surface area contributed by atoms with Gasteiger partial charge in [0.1, 0.15) is 0 Å². The standard InChI is InChI=1S/C14H11N5O2/c1-9-2-3-11(17-6-9)10-8-19(18-13(10)14(20)21)12-7-15-4-5-16-12/h2-8H,1H3,(H,20,21). The fraction of sp³-hybridized carbons (Fsp3) is 0.0714. The molecule has 1 N–H and O–H groups in total. The summed E-state index contributed by atoms with van der Waals surface area (Å²) in [5.41, 5.74) is 1.91. The summed E-state index contributed by atoms with van der Waals surface area (Å²) in [6.45, 7) is 1.91. The lowest BCUT2D eigenvalue weighted by Gasteiger charge is -1.98. The summed E-state index contributed by atoms with van der Waals surface area (Å²) in [7, 11) is 0. The van der Waals surface area contributed by atoms with Crippen LogP contribution in [0, 0.1) is 6.92 Å². The summed E-state index contributed by atoms with van der Waals surface area (Å²) in [6.07, 6.45) is 7.82. The minimum absolute atomic E-state index is 0.0722. The highest BCUT2D eigenvalue weighted by Gasteiger charge is 2.19. The Morgan fingerprint density at radius 3 is 2.67 bits per heavy atom. The number of aromatic nitrogens is 5. The maximum Gasteiger partial charge on any atom is 0.357 e. The van der Waals surface area contributed by atoms with Crippen LogP contribution in [0.3, 0.4) is 0 Å². The van der Waals surface area contributed by atoms with E-state index in [1.807, 2.05) is 13.0 Å². The molecule has 7 heteroatoms. The largest absolute Gasteiger partial charge is 0.476 e. The smallest absolute Gasteiger partial charge is 0.357 e. The summed E-state index contributed by atoms with van der Waals surface area (Å²) in [6, 6.07) is 3.63. The first-order valence-electron chi connectivity index (χ1n) is 6.17. The van der Waals surface area contributed by atoms with Gasteiger partial charge in [-0.3, -0.25) is 9.97 Å². The molecule has 0 spiro atoms. The molecule has 0 aliphatic heterocycles. The van der Waals surface area contributed by atoms with E-state index < -0.39 is 5.97 Å². The number of carbonyl (C=O) groups is 1. The van der Waals surface area contributed by atoms with E-state index in [-0.39, 0.29) is 5.69 Å². The van der Waals surface area contributed by atoms with Crippen LogP contribution in [0.4, 0.5) is 0 Å². The lowest BCUT2D eigenvalue weighted by Crippen LogP contribution is -2.03. The van der Waals surface area contributed by atoms with Crippen LogP contribution in [0.5, 0.6) is 0 Å². The number of hydrogen-bond acceptors (Lipinski definition) is 5. The van der Waals surface area contributed by atoms with Crippen molar-refractivity contribution in [3.05, 3.63) is 54.4 Å². The van der Waals surface area contributed by atoms with Gasteiger partial charge >= 0.3 is 5.97 Å². The zero-order chi connectivity index (χ0) is 14.8. The highest BCUT2D eigenvalue weighted by Crippen LogP contribution is 2.22. The fourth-order valence-corrected chi connectivity index (χ4v) is 1.87. The molecule has 0 radical (unpaired) electrons. The monoisotopic (exact) mass is 281 g/mol. The van der Waals surface area contributed by atoms with Crippen molar-refractivity contribution >= 4 is 5.97 Å². The molecule has 3 rings (SSSR count). The Balaban J connectivity index is 2.14. The Bertz CT molecular complexity index is 781. The van der Waals surface area contributed by atoms with E-state index >= 15 is 0 Å². The van der Waals surface area contributed by atoms with Crippen molar-refractivity contribution in [3.8, 4) is 17.1 Å². The molecule has 0 aliphatic rings. The third-order valence-electron chi connectivity index (χ3n) is 2.89. The van der Waals surface area contributed by atoms with Crippen LogP contribution in [-0.4, -0.2) is 35.8 Å². The van der Waals surface area contributed by atoms with Crippen LogP contribution in [0.25, 0.3) is 17.1 Å². The molecule has 0 fully saturated rings. The van der Waals surface area contributed by atoms with Gasteiger partial charge in [-0.05, 0) is 18.6 Å². The summed E-state index contributed by atoms with van der Waals surface area (Å²) in [5.74, 6) is -0.673. The van der Waals surface area contributed by atoms with Crippen LogP contribution in [0.2, 0.25) is 0 Å². The van der Waals surface area contributed by atoms with Crippen molar-refractivity contribution < 1.29 is 9.90 Å². The Labute approximate surface area is 119 Å². The van der Waals surface area contributed by atoms with Crippen molar-refractivity contribution in [2.45, 2.75) is 6.92 Å². The van der Waals surface area contributed by atoms with Crippen molar-refractivity contribution in [1.29, 1.82) is 0 Å². The first-order chi connectivity index (χ1) is 10.1. The first-order valence-corrected chi connectivity index (χ1v) is 6.17. The molecule has 0 saturated carbocycles. The Morgan fingerprint density at radius 1 is 1.19 bits per heavy atom. The number of carboxylic acid groups (broad SMARTS) is 1. The van der Waals surface area contributed by atoms with Gasteiger partial charge in [0.2, 0.25) is 0 Å². The predicted octanol–water partition coefficient (Wildman–Crippen LogP) is 1.73. The topological polar surface area (TPSA) is 93.8 Å². The van der Waals surface area contributed by atoms with Gasteiger partial charge in [0.15, 0.2) is 11.5 Å². The SMILES string of the molecule is Cc1ccc(-c2cn(-c3cnccn3)nc2C(=O)O)nc1. The zero-order valence-electron chi connectivity index (χ0n) is 11.1. The van der Waals surface area contributed by atoms with Gasteiger partial charge in [-0.15, -0.1) is 0 Å². The van der Waals surface area contributed by atoms with Crippen LogP contribution in [0.1, 0.15) is 16.1 Å². The van der Waals surface area contributed by atoms with Gasteiger partial charge in [0.25, 0.3) is 0 Å². The second kappa shape index (κ2) is 5.12. The molecule has 0 unspecified atom stereocenters. The second-order valence-corrected chi connectivity index (χ2v) is 4.43. The summed E-state index contributed by atoms with van der Waals surface area (Å²) in [4.78, 5) is 23.7. The third kappa shape index (κ3) is 2.48. The minimum atomic E-state index is -1.12. The van der Waals surface area contributed by atoms with Gasteiger partial charge in [0.05, 0.1) is 17.5 Å².